The summed E-state index contributed by atoms with van der Waals surface area (Å²) in [6.07, 6.45) is 1.05. The minimum absolute atomic E-state index is 0. The summed E-state index contributed by atoms with van der Waals surface area (Å²) >= 11 is 1.51. The molecule has 0 heterocycles. The Bertz CT molecular complexity index is 921. The first kappa shape index (κ1) is 29.2. The van der Waals surface area contributed by atoms with Gasteiger partial charge in [-0.1, -0.05) is 42.8 Å². The van der Waals surface area contributed by atoms with Crippen LogP contribution in [0.25, 0.3) is 21.5 Å². The van der Waals surface area contributed by atoms with Gasteiger partial charge in [0.25, 0.3) is 0 Å². The van der Waals surface area contributed by atoms with E-state index in [0.717, 1.165) is 13.0 Å². The first-order valence-corrected chi connectivity index (χ1v) is 14.6. The molecule has 0 aliphatic carbocycles. The minimum Gasteiger partial charge on any atom is -1.00 e. The molecule has 0 N–H and O–H groups in total. The molecule has 0 aliphatic heterocycles. The third-order valence-electron chi connectivity index (χ3n) is 4.18. The number of hydrogen-bond donors (Lipinski definition) is 0. The van der Waals surface area contributed by atoms with Crippen LogP contribution in [-0.4, -0.2) is 18.6 Å². The number of halogens is 2. The van der Waals surface area contributed by atoms with Crippen molar-refractivity contribution in [2.75, 3.05) is 6.61 Å². The molecule has 0 spiro atoms. The van der Waals surface area contributed by atoms with E-state index in [9.17, 15) is 0 Å². The molecule has 0 bridgehead atoms. The molecule has 0 aliphatic rings. The monoisotopic (exact) mass is 534 g/mol. The van der Waals surface area contributed by atoms with Crippen molar-refractivity contribution in [2.45, 2.75) is 33.0 Å². The Labute approximate surface area is 209 Å². The van der Waals surface area contributed by atoms with E-state index in [1.165, 1.54) is 51.3 Å². The van der Waals surface area contributed by atoms with Crippen LogP contribution in [0.1, 0.15) is 12.5 Å². The van der Waals surface area contributed by atoms with Crippen molar-refractivity contribution in [2.24, 2.45) is 0 Å². The van der Waals surface area contributed by atoms with E-state index in [4.69, 9.17) is 4.43 Å². The van der Waals surface area contributed by atoms with Crippen LogP contribution < -0.4 is 24.8 Å². The molecule has 0 fully saturated rings. The summed E-state index contributed by atoms with van der Waals surface area (Å²) in [7, 11) is -1.29. The number of fused-ring (bicyclic) bond motifs is 3. The molecule has 0 unspecified atom stereocenters. The summed E-state index contributed by atoms with van der Waals surface area (Å²) in [4.78, 5) is 0. The topological polar surface area (TPSA) is 9.23 Å². The Balaban J connectivity index is 0.000000471. The summed E-state index contributed by atoms with van der Waals surface area (Å²) < 4.78 is 7.83. The standard InChI is InChI=1S/C13H9.C10H17OSi.C2H4.2ClH.Zr/c1-3-7-12-10(5-1)9-11-6-2-4-8-13(11)12;1-12(2,3)11-9-8-10-6-4-5-7-10;1-2;;;/h1-9H;4-7H,8-9H2,1-3H3;1H,2H3;2*1H;/q2*-1;;;;+2/p-2. The van der Waals surface area contributed by atoms with Gasteiger partial charge >= 0.3 is 34.9 Å². The van der Waals surface area contributed by atoms with Gasteiger partial charge in [0.1, 0.15) is 0 Å². The average Bonchev–Trinajstić information content (AvgIpc) is 3.29. The maximum Gasteiger partial charge on any atom is 0.183 e. The van der Waals surface area contributed by atoms with Crippen LogP contribution in [0, 0.1) is 0 Å². The molecule has 4 aromatic carbocycles. The zero-order valence-corrected chi connectivity index (χ0v) is 23.1. The van der Waals surface area contributed by atoms with Gasteiger partial charge in [-0.05, 0) is 19.6 Å². The molecule has 0 aromatic heterocycles. The molecule has 0 saturated carbocycles. The second-order valence-corrected chi connectivity index (χ2v) is 13.5. The van der Waals surface area contributed by atoms with E-state index < -0.39 is 8.32 Å². The molecule has 30 heavy (non-hydrogen) atoms. The van der Waals surface area contributed by atoms with Gasteiger partial charge in [-0.25, -0.2) is 12.1 Å². The number of rotatable bonds is 4. The van der Waals surface area contributed by atoms with Gasteiger partial charge in [0.15, 0.2) is 8.32 Å². The zero-order valence-electron chi connectivity index (χ0n) is 18.2. The zero-order chi connectivity index (χ0) is 20.4. The van der Waals surface area contributed by atoms with Crippen molar-refractivity contribution in [3.8, 4) is 0 Å². The average molecular weight is 537 g/mol. The predicted octanol–water partition coefficient (Wildman–Crippen LogP) is 0.875. The van der Waals surface area contributed by atoms with Crippen molar-refractivity contribution in [3.05, 3.63) is 84.4 Å². The molecule has 5 heteroatoms. The Morgan fingerprint density at radius 2 is 1.30 bits per heavy atom. The molecule has 160 valence electrons. The van der Waals surface area contributed by atoms with Gasteiger partial charge < -0.3 is 29.2 Å². The first-order chi connectivity index (χ1) is 13.4. The summed E-state index contributed by atoms with van der Waals surface area (Å²) in [5.41, 5.74) is 1.38. The van der Waals surface area contributed by atoms with Crippen molar-refractivity contribution < 1.29 is 53.5 Å². The fourth-order valence-electron chi connectivity index (χ4n) is 2.96. The Hall–Kier alpha value is -0.830. The predicted molar refractivity (Wildman–Crippen MR) is 124 cm³/mol. The van der Waals surface area contributed by atoms with Gasteiger partial charge in [0.2, 0.25) is 0 Å². The fraction of sp³-hybridized carbons (Fsp3) is 0.240. The quantitative estimate of drug-likeness (QED) is 0.278. The van der Waals surface area contributed by atoms with Gasteiger partial charge in [0.05, 0.1) is 0 Å². The minimum atomic E-state index is -1.29. The van der Waals surface area contributed by atoms with Gasteiger partial charge in [-0.15, -0.1) is 39.7 Å². The van der Waals surface area contributed by atoms with Crippen molar-refractivity contribution >= 4 is 33.6 Å². The molecule has 0 radical (unpaired) electrons. The van der Waals surface area contributed by atoms with Gasteiger partial charge in [0, 0.05) is 6.61 Å². The smallest absolute Gasteiger partial charge is 0.183 e. The maximum absolute atomic E-state index is 5.74. The van der Waals surface area contributed by atoms with Crippen molar-refractivity contribution in [3.63, 3.8) is 0 Å². The summed E-state index contributed by atoms with van der Waals surface area (Å²) in [6.45, 7) is 9.58. The molecular formula is C25H30Cl2OSiZr-2. The molecule has 1 nitrogen and oxygen atoms in total. The Kier molecular flexibility index (Phi) is 14.6. The number of hydrogen-bond acceptors (Lipinski definition) is 1. The summed E-state index contributed by atoms with van der Waals surface area (Å²) in [5, 5.41) is 5.39. The van der Waals surface area contributed by atoms with Crippen LogP contribution in [0.3, 0.4) is 0 Å². The normalized spacial score (nSPS) is 10.1. The third-order valence-corrected chi connectivity index (χ3v) is 5.25. The Morgan fingerprint density at radius 3 is 1.73 bits per heavy atom. The molecule has 0 saturated heterocycles. The van der Waals surface area contributed by atoms with E-state index in [-0.39, 0.29) is 24.8 Å². The van der Waals surface area contributed by atoms with Crippen molar-refractivity contribution in [1.29, 1.82) is 0 Å². The molecular weight excluding hydrogens is 506 g/mol. The van der Waals surface area contributed by atoms with Crippen LogP contribution >= 0.6 is 0 Å². The van der Waals surface area contributed by atoms with E-state index >= 15 is 0 Å². The van der Waals surface area contributed by atoms with Gasteiger partial charge in [-0.2, -0.15) is 17.7 Å². The second kappa shape index (κ2) is 15.1. The van der Waals surface area contributed by atoms with E-state index in [2.05, 4.69) is 102 Å². The van der Waals surface area contributed by atoms with Crippen LogP contribution in [-0.2, 0) is 35.1 Å². The van der Waals surface area contributed by atoms with E-state index in [0.29, 0.717) is 0 Å². The SMILES string of the molecule is C[CH]=[Zr+2].C[Si](C)(C)OCC[c-]1cccc1.[Cl-].[Cl-].c1ccc2c(c1)[cH-]c1ccccc12. The number of benzene rings is 2. The van der Waals surface area contributed by atoms with E-state index in [1.54, 1.807) is 0 Å². The molecule has 0 amide bonds. The Morgan fingerprint density at radius 1 is 0.867 bits per heavy atom. The molecule has 4 aromatic rings. The summed E-state index contributed by atoms with van der Waals surface area (Å²) in [6, 6.07) is 27.7. The first-order valence-electron chi connectivity index (χ1n) is 9.77. The second-order valence-electron chi connectivity index (χ2n) is 7.61. The molecule has 4 rings (SSSR count). The van der Waals surface area contributed by atoms with Gasteiger partial charge in [-0.3, -0.25) is 0 Å². The van der Waals surface area contributed by atoms with Crippen molar-refractivity contribution in [1.82, 2.24) is 0 Å². The third kappa shape index (κ3) is 9.98. The maximum atomic E-state index is 5.74. The largest absolute Gasteiger partial charge is 1.00 e. The van der Waals surface area contributed by atoms with Crippen LogP contribution in [0.5, 0.6) is 0 Å². The van der Waals surface area contributed by atoms with Crippen LogP contribution in [0.2, 0.25) is 19.6 Å². The fourth-order valence-corrected chi connectivity index (χ4v) is 3.67. The van der Waals surface area contributed by atoms with E-state index in [1.807, 2.05) is 6.92 Å². The van der Waals surface area contributed by atoms with Crippen LogP contribution in [0.15, 0.2) is 78.9 Å². The summed E-state index contributed by atoms with van der Waals surface area (Å²) in [5.74, 6) is 0. The van der Waals surface area contributed by atoms with Crippen LogP contribution in [0.4, 0.5) is 0 Å². The molecule has 0 atom stereocenters.